The zero-order chi connectivity index (χ0) is 15.6. The predicted molar refractivity (Wildman–Crippen MR) is 74.6 cm³/mol. The molecule has 1 aromatic carbocycles. The van der Waals surface area contributed by atoms with Crippen molar-refractivity contribution in [1.29, 1.82) is 0 Å². The Labute approximate surface area is 116 Å². The molecule has 0 aliphatic rings. The minimum absolute atomic E-state index is 0.0660. The number of allylic oxidation sites excluding steroid dienone is 1. The van der Waals surface area contributed by atoms with Gasteiger partial charge in [-0.2, -0.15) is 13.2 Å². The highest BCUT2D eigenvalue weighted by Crippen LogP contribution is 2.41. The van der Waals surface area contributed by atoms with Gasteiger partial charge < -0.3 is 11.5 Å². The number of halogens is 3. The van der Waals surface area contributed by atoms with Gasteiger partial charge in [0.25, 0.3) is 0 Å². The molecule has 110 valence electrons. The molecule has 1 rings (SSSR count). The van der Waals surface area contributed by atoms with Gasteiger partial charge in [-0.25, -0.2) is 4.99 Å². The molecule has 4 N–H and O–H groups in total. The molecule has 0 heterocycles. The number of nitrogens with zero attached hydrogens (tertiary/aromatic N) is 1. The third-order valence-electron chi connectivity index (χ3n) is 3.03. The van der Waals surface area contributed by atoms with Crippen LogP contribution in [-0.4, -0.2) is 12.0 Å². The Balaban J connectivity index is 3.01. The van der Waals surface area contributed by atoms with Gasteiger partial charge in [0.15, 0.2) is 0 Å². The van der Waals surface area contributed by atoms with Crippen LogP contribution in [0.4, 0.5) is 18.9 Å². The van der Waals surface area contributed by atoms with E-state index in [-0.39, 0.29) is 11.5 Å². The van der Waals surface area contributed by atoms with E-state index in [2.05, 4.69) is 4.99 Å². The third kappa shape index (κ3) is 3.76. The van der Waals surface area contributed by atoms with E-state index in [9.17, 15) is 13.2 Å². The van der Waals surface area contributed by atoms with Crippen LogP contribution in [0.1, 0.15) is 19.4 Å². The van der Waals surface area contributed by atoms with Crippen LogP contribution in [0.25, 0.3) is 0 Å². The largest absolute Gasteiger partial charge is 0.401 e. The van der Waals surface area contributed by atoms with Crippen molar-refractivity contribution in [3.8, 4) is 0 Å². The second-order valence-corrected chi connectivity index (χ2v) is 5.09. The molecule has 0 atom stereocenters. The van der Waals surface area contributed by atoms with Crippen molar-refractivity contribution >= 4 is 11.5 Å². The first-order chi connectivity index (χ1) is 9.04. The quantitative estimate of drug-likeness (QED) is 0.660. The van der Waals surface area contributed by atoms with Crippen LogP contribution >= 0.6 is 0 Å². The molecule has 0 saturated carbocycles. The summed E-state index contributed by atoms with van der Waals surface area (Å²) < 4.78 is 38.4. The monoisotopic (exact) mass is 285 g/mol. The molecular formula is C14H18F3N3. The van der Waals surface area contributed by atoms with E-state index in [4.69, 9.17) is 11.5 Å². The summed E-state index contributed by atoms with van der Waals surface area (Å²) in [5.74, 6) is -0.0660. The van der Waals surface area contributed by atoms with E-state index < -0.39 is 11.6 Å². The van der Waals surface area contributed by atoms with Gasteiger partial charge in [-0.3, -0.25) is 0 Å². The molecule has 3 nitrogen and oxygen atoms in total. The lowest BCUT2D eigenvalue weighted by Crippen LogP contribution is -2.37. The molecule has 0 aromatic heterocycles. The number of amidine groups is 1. The molecule has 0 radical (unpaired) electrons. The molecule has 0 unspecified atom stereocenters. The Morgan fingerprint density at radius 3 is 2.05 bits per heavy atom. The molecule has 0 aliphatic heterocycles. The highest BCUT2D eigenvalue weighted by atomic mass is 19.4. The first-order valence-corrected chi connectivity index (χ1v) is 5.99. The van der Waals surface area contributed by atoms with Crippen molar-refractivity contribution in [3.63, 3.8) is 0 Å². The second-order valence-electron chi connectivity index (χ2n) is 5.09. The number of nitrogens with two attached hydrogens (primary N) is 2. The fourth-order valence-corrected chi connectivity index (χ4v) is 1.30. The molecular weight excluding hydrogens is 267 g/mol. The van der Waals surface area contributed by atoms with Gasteiger partial charge in [0.1, 0.15) is 5.84 Å². The third-order valence-corrected chi connectivity index (χ3v) is 3.03. The van der Waals surface area contributed by atoms with E-state index in [1.807, 2.05) is 19.1 Å². The molecule has 6 heteroatoms. The second kappa shape index (κ2) is 5.56. The number of alkyl halides is 3. The van der Waals surface area contributed by atoms with Gasteiger partial charge in [-0.05, 0) is 39.0 Å². The zero-order valence-electron chi connectivity index (χ0n) is 11.6. The first-order valence-electron chi connectivity index (χ1n) is 5.99. The summed E-state index contributed by atoms with van der Waals surface area (Å²) >= 11 is 0. The SMILES string of the molecule is Cc1ccc(N=C(N)/C=C(\N)C(C)(C)C(F)(F)F)cc1. The maximum Gasteiger partial charge on any atom is 0.399 e. The molecule has 0 bridgehead atoms. The summed E-state index contributed by atoms with van der Waals surface area (Å²) in [5, 5.41) is 0. The average Bonchev–Trinajstić information content (AvgIpc) is 2.30. The summed E-state index contributed by atoms with van der Waals surface area (Å²) in [6.45, 7) is 3.91. The van der Waals surface area contributed by atoms with Gasteiger partial charge in [-0.1, -0.05) is 17.7 Å². The first kappa shape index (κ1) is 16.1. The smallest absolute Gasteiger partial charge is 0.399 e. The van der Waals surface area contributed by atoms with Crippen LogP contribution in [0.5, 0.6) is 0 Å². The molecule has 0 saturated heterocycles. The summed E-state index contributed by atoms with van der Waals surface area (Å²) in [4.78, 5) is 4.01. The van der Waals surface area contributed by atoms with Crippen molar-refractivity contribution in [2.75, 3.05) is 0 Å². The predicted octanol–water partition coefficient (Wildman–Crippen LogP) is 3.41. The van der Waals surface area contributed by atoms with Crippen LogP contribution in [0.15, 0.2) is 41.0 Å². The van der Waals surface area contributed by atoms with Crippen molar-refractivity contribution in [1.82, 2.24) is 0 Å². The normalized spacial score (nSPS) is 14.5. The highest BCUT2D eigenvalue weighted by Gasteiger charge is 2.49. The number of aryl methyl sites for hydroxylation is 1. The summed E-state index contributed by atoms with van der Waals surface area (Å²) in [5.41, 5.74) is 10.2. The molecule has 0 fully saturated rings. The van der Waals surface area contributed by atoms with Gasteiger partial charge in [0.2, 0.25) is 0 Å². The number of hydrogen-bond donors (Lipinski definition) is 2. The number of rotatable bonds is 3. The van der Waals surface area contributed by atoms with E-state index in [0.29, 0.717) is 5.69 Å². The number of aliphatic imine (C=N–C) groups is 1. The molecule has 1 aromatic rings. The van der Waals surface area contributed by atoms with E-state index in [0.717, 1.165) is 25.5 Å². The van der Waals surface area contributed by atoms with Gasteiger partial charge >= 0.3 is 6.18 Å². The lowest BCUT2D eigenvalue weighted by atomic mass is 9.88. The van der Waals surface area contributed by atoms with Gasteiger partial charge in [-0.15, -0.1) is 0 Å². The molecule has 0 amide bonds. The van der Waals surface area contributed by atoms with Crippen molar-refractivity contribution < 1.29 is 13.2 Å². The average molecular weight is 285 g/mol. The Kier molecular flexibility index (Phi) is 4.47. The van der Waals surface area contributed by atoms with Gasteiger partial charge in [0, 0.05) is 5.70 Å². The Bertz CT molecular complexity index is 526. The minimum Gasteiger partial charge on any atom is -0.401 e. The van der Waals surface area contributed by atoms with Crippen LogP contribution < -0.4 is 11.5 Å². The van der Waals surface area contributed by atoms with Crippen LogP contribution in [0.3, 0.4) is 0 Å². The topological polar surface area (TPSA) is 64.4 Å². The maximum absolute atomic E-state index is 12.8. The summed E-state index contributed by atoms with van der Waals surface area (Å²) in [6, 6.07) is 7.11. The minimum atomic E-state index is -4.45. The standard InChI is InChI=1S/C14H18F3N3/c1-9-4-6-10(7-5-9)20-12(19)8-11(18)13(2,3)14(15,16)17/h4-8H,18H2,1-3H3,(H2,19,20)/b11-8-. The van der Waals surface area contributed by atoms with E-state index in [1.54, 1.807) is 12.1 Å². The van der Waals surface area contributed by atoms with Crippen molar-refractivity contribution in [2.24, 2.45) is 21.9 Å². The van der Waals surface area contributed by atoms with Crippen LogP contribution in [0.2, 0.25) is 0 Å². The maximum atomic E-state index is 12.8. The molecule has 20 heavy (non-hydrogen) atoms. The fourth-order valence-electron chi connectivity index (χ4n) is 1.30. The van der Waals surface area contributed by atoms with Crippen LogP contribution in [0, 0.1) is 12.3 Å². The van der Waals surface area contributed by atoms with E-state index in [1.165, 1.54) is 0 Å². The van der Waals surface area contributed by atoms with Crippen molar-refractivity contribution in [3.05, 3.63) is 41.6 Å². The summed E-state index contributed by atoms with van der Waals surface area (Å²) in [6.07, 6.45) is -3.40. The highest BCUT2D eigenvalue weighted by molar-refractivity contribution is 5.94. The lowest BCUT2D eigenvalue weighted by Gasteiger charge is -2.28. The molecule has 0 spiro atoms. The number of hydrogen-bond acceptors (Lipinski definition) is 2. The summed E-state index contributed by atoms with van der Waals surface area (Å²) in [7, 11) is 0. The van der Waals surface area contributed by atoms with Crippen LogP contribution in [-0.2, 0) is 0 Å². The Hall–Kier alpha value is -1.98. The zero-order valence-corrected chi connectivity index (χ0v) is 11.6. The van der Waals surface area contributed by atoms with Crippen molar-refractivity contribution in [2.45, 2.75) is 26.9 Å². The number of benzene rings is 1. The van der Waals surface area contributed by atoms with E-state index >= 15 is 0 Å². The lowest BCUT2D eigenvalue weighted by molar-refractivity contribution is -0.197. The Morgan fingerprint density at radius 2 is 1.60 bits per heavy atom. The fraction of sp³-hybridized carbons (Fsp3) is 0.357. The Morgan fingerprint density at radius 1 is 1.10 bits per heavy atom. The van der Waals surface area contributed by atoms with Gasteiger partial charge in [0.05, 0.1) is 11.1 Å². The molecule has 0 aliphatic carbocycles.